The molecule has 2 aromatic heterocycles. The number of carbonyl (C=O) groups is 1. The molecule has 128 valence electrons. The Morgan fingerprint density at radius 2 is 2.04 bits per heavy atom. The number of para-hydroxylation sites is 1. The van der Waals surface area contributed by atoms with E-state index in [-0.39, 0.29) is 11.9 Å². The second-order valence-electron chi connectivity index (χ2n) is 6.29. The summed E-state index contributed by atoms with van der Waals surface area (Å²) >= 11 is 0. The molecule has 1 aliphatic heterocycles. The van der Waals surface area contributed by atoms with Crippen LogP contribution in [-0.4, -0.2) is 39.7 Å². The predicted octanol–water partition coefficient (Wildman–Crippen LogP) is 2.70. The molecule has 1 aromatic carbocycles. The van der Waals surface area contributed by atoms with Gasteiger partial charge >= 0.3 is 0 Å². The lowest BCUT2D eigenvalue weighted by Gasteiger charge is -2.30. The average molecular weight is 336 g/mol. The maximum absolute atomic E-state index is 13.1. The molecular formula is C19H20N4O2. The summed E-state index contributed by atoms with van der Waals surface area (Å²) in [5.74, 6) is 0.586. The van der Waals surface area contributed by atoms with Gasteiger partial charge in [0.25, 0.3) is 5.91 Å². The molecule has 0 aliphatic carbocycles. The van der Waals surface area contributed by atoms with Crippen molar-refractivity contribution in [2.45, 2.75) is 18.9 Å². The van der Waals surface area contributed by atoms with E-state index in [1.807, 2.05) is 47.4 Å². The smallest absolute Gasteiger partial charge is 0.272 e. The zero-order chi connectivity index (χ0) is 17.2. The van der Waals surface area contributed by atoms with Crippen LogP contribution in [0.4, 0.5) is 0 Å². The van der Waals surface area contributed by atoms with E-state index in [9.17, 15) is 4.79 Å². The molecule has 3 heterocycles. The first-order chi connectivity index (χ1) is 12.2. The van der Waals surface area contributed by atoms with Gasteiger partial charge in [-0.05, 0) is 37.1 Å². The molecule has 1 aliphatic rings. The monoisotopic (exact) mass is 336 g/mol. The van der Waals surface area contributed by atoms with Gasteiger partial charge in [-0.3, -0.25) is 4.79 Å². The summed E-state index contributed by atoms with van der Waals surface area (Å²) in [6, 6.07) is 15.1. The number of hydrogen-bond acceptors (Lipinski definition) is 4. The number of amides is 1. The van der Waals surface area contributed by atoms with Gasteiger partial charge in [-0.25, -0.2) is 4.68 Å². The molecule has 1 amide bonds. The van der Waals surface area contributed by atoms with Gasteiger partial charge in [-0.2, -0.15) is 5.10 Å². The fourth-order valence-corrected chi connectivity index (χ4v) is 3.20. The first kappa shape index (κ1) is 15.7. The molecule has 25 heavy (non-hydrogen) atoms. The minimum absolute atomic E-state index is 0.0374. The van der Waals surface area contributed by atoms with Crippen LogP contribution in [0.5, 0.6) is 0 Å². The summed E-state index contributed by atoms with van der Waals surface area (Å²) in [5, 5.41) is 4.60. The van der Waals surface area contributed by atoms with Crippen LogP contribution in [0, 0.1) is 0 Å². The van der Waals surface area contributed by atoms with Crippen molar-refractivity contribution in [1.29, 1.82) is 0 Å². The lowest BCUT2D eigenvalue weighted by Crippen LogP contribution is -2.46. The van der Waals surface area contributed by atoms with Crippen LogP contribution in [0.1, 0.15) is 23.3 Å². The highest BCUT2D eigenvalue weighted by atomic mass is 16.3. The summed E-state index contributed by atoms with van der Waals surface area (Å²) in [6.07, 6.45) is 3.48. The van der Waals surface area contributed by atoms with Crippen LogP contribution in [0.2, 0.25) is 0 Å². The Morgan fingerprint density at radius 3 is 2.76 bits per heavy atom. The summed E-state index contributed by atoms with van der Waals surface area (Å²) in [6.45, 7) is 1.30. The molecule has 1 fully saturated rings. The van der Waals surface area contributed by atoms with Gasteiger partial charge in [-0.15, -0.1) is 0 Å². The highest BCUT2D eigenvalue weighted by Gasteiger charge is 2.26. The zero-order valence-corrected chi connectivity index (χ0v) is 13.8. The SMILES string of the molecule is NC1CCCN(C(=O)c2cc(-c3ccco3)nn2-c2ccccc2)C1. The number of benzene rings is 1. The molecule has 6 nitrogen and oxygen atoms in total. The second-order valence-corrected chi connectivity index (χ2v) is 6.29. The molecule has 4 rings (SSSR count). The third-order valence-corrected chi connectivity index (χ3v) is 4.45. The molecule has 1 unspecified atom stereocenters. The number of likely N-dealkylation sites (tertiary alicyclic amines) is 1. The number of piperidine rings is 1. The number of hydrogen-bond donors (Lipinski definition) is 1. The zero-order valence-electron chi connectivity index (χ0n) is 13.8. The Balaban J connectivity index is 1.76. The van der Waals surface area contributed by atoms with E-state index in [0.717, 1.165) is 25.1 Å². The lowest BCUT2D eigenvalue weighted by molar-refractivity contribution is 0.0699. The van der Waals surface area contributed by atoms with Gasteiger partial charge in [0.2, 0.25) is 0 Å². The number of aromatic nitrogens is 2. The summed E-state index contributed by atoms with van der Waals surface area (Å²) in [5.41, 5.74) is 8.04. The van der Waals surface area contributed by atoms with Crippen molar-refractivity contribution in [3.63, 3.8) is 0 Å². The second kappa shape index (κ2) is 6.57. The highest BCUT2D eigenvalue weighted by Crippen LogP contribution is 2.24. The normalized spacial score (nSPS) is 17.6. The van der Waals surface area contributed by atoms with Crippen molar-refractivity contribution in [2.24, 2.45) is 5.73 Å². The van der Waals surface area contributed by atoms with Crippen molar-refractivity contribution >= 4 is 5.91 Å². The van der Waals surface area contributed by atoms with Crippen molar-refractivity contribution in [1.82, 2.24) is 14.7 Å². The third kappa shape index (κ3) is 3.08. The van der Waals surface area contributed by atoms with E-state index < -0.39 is 0 Å². The Morgan fingerprint density at radius 1 is 1.20 bits per heavy atom. The molecule has 1 saturated heterocycles. The average Bonchev–Trinajstić information content (AvgIpc) is 3.31. The Labute approximate surface area is 145 Å². The minimum atomic E-state index is -0.0516. The van der Waals surface area contributed by atoms with E-state index in [4.69, 9.17) is 10.2 Å². The van der Waals surface area contributed by atoms with Crippen LogP contribution in [0.3, 0.4) is 0 Å². The fraction of sp³-hybridized carbons (Fsp3) is 0.263. The highest BCUT2D eigenvalue weighted by molar-refractivity contribution is 5.94. The minimum Gasteiger partial charge on any atom is -0.463 e. The molecule has 0 spiro atoms. The van der Waals surface area contributed by atoms with Gasteiger partial charge in [0.1, 0.15) is 11.4 Å². The molecule has 3 aromatic rings. The van der Waals surface area contributed by atoms with E-state index in [2.05, 4.69) is 5.10 Å². The summed E-state index contributed by atoms with van der Waals surface area (Å²) in [4.78, 5) is 14.9. The van der Waals surface area contributed by atoms with Gasteiger partial charge in [-0.1, -0.05) is 18.2 Å². The molecular weight excluding hydrogens is 316 g/mol. The molecule has 1 atom stereocenters. The first-order valence-electron chi connectivity index (χ1n) is 8.46. The van der Waals surface area contributed by atoms with Crippen LogP contribution < -0.4 is 5.73 Å². The van der Waals surface area contributed by atoms with Crippen LogP contribution in [0.15, 0.2) is 59.2 Å². The van der Waals surface area contributed by atoms with E-state index in [0.29, 0.717) is 23.7 Å². The van der Waals surface area contributed by atoms with Crippen LogP contribution in [-0.2, 0) is 0 Å². The standard InChI is InChI=1S/C19H20N4O2/c20-14-6-4-10-22(13-14)19(24)17-12-16(18-9-5-11-25-18)21-23(17)15-7-2-1-3-8-15/h1-3,5,7-9,11-12,14H,4,6,10,13,20H2. The topological polar surface area (TPSA) is 77.3 Å². The van der Waals surface area contributed by atoms with Gasteiger partial charge in [0.15, 0.2) is 5.76 Å². The maximum Gasteiger partial charge on any atom is 0.272 e. The molecule has 0 saturated carbocycles. The molecule has 0 bridgehead atoms. The van der Waals surface area contributed by atoms with Crippen molar-refractivity contribution < 1.29 is 9.21 Å². The van der Waals surface area contributed by atoms with Gasteiger partial charge in [0.05, 0.1) is 12.0 Å². The van der Waals surface area contributed by atoms with Crippen molar-refractivity contribution in [3.8, 4) is 17.1 Å². The quantitative estimate of drug-likeness (QED) is 0.798. The molecule has 2 N–H and O–H groups in total. The van der Waals surface area contributed by atoms with E-state index >= 15 is 0 Å². The van der Waals surface area contributed by atoms with Gasteiger partial charge in [0, 0.05) is 25.2 Å². The first-order valence-corrected chi connectivity index (χ1v) is 8.46. The Kier molecular flexibility index (Phi) is 4.11. The number of rotatable bonds is 3. The Hall–Kier alpha value is -2.86. The van der Waals surface area contributed by atoms with Crippen LogP contribution >= 0.6 is 0 Å². The molecule has 6 heteroatoms. The van der Waals surface area contributed by atoms with E-state index in [1.54, 1.807) is 17.0 Å². The Bertz CT molecular complexity index is 855. The number of furan rings is 1. The van der Waals surface area contributed by atoms with Crippen molar-refractivity contribution in [2.75, 3.05) is 13.1 Å². The summed E-state index contributed by atoms with van der Waals surface area (Å²) < 4.78 is 7.13. The maximum atomic E-state index is 13.1. The molecule has 0 radical (unpaired) electrons. The van der Waals surface area contributed by atoms with E-state index in [1.165, 1.54) is 0 Å². The fourth-order valence-electron chi connectivity index (χ4n) is 3.20. The van der Waals surface area contributed by atoms with Crippen LogP contribution in [0.25, 0.3) is 17.1 Å². The number of carbonyl (C=O) groups excluding carboxylic acids is 1. The van der Waals surface area contributed by atoms with Crippen molar-refractivity contribution in [3.05, 3.63) is 60.5 Å². The lowest BCUT2D eigenvalue weighted by atomic mass is 10.1. The number of nitrogens with zero attached hydrogens (tertiary/aromatic N) is 3. The van der Waals surface area contributed by atoms with Gasteiger partial charge < -0.3 is 15.1 Å². The number of nitrogens with two attached hydrogens (primary N) is 1. The third-order valence-electron chi connectivity index (χ3n) is 4.45. The predicted molar refractivity (Wildman–Crippen MR) is 94.4 cm³/mol. The largest absolute Gasteiger partial charge is 0.463 e. The summed E-state index contributed by atoms with van der Waals surface area (Å²) in [7, 11) is 0.